The van der Waals surface area contributed by atoms with Crippen LogP contribution in [0, 0.1) is 12.3 Å². The molecular weight excluding hydrogens is 64.0 g/mol. The summed E-state index contributed by atoms with van der Waals surface area (Å²) in [7, 11) is 0. The summed E-state index contributed by atoms with van der Waals surface area (Å²) < 4.78 is 0. The molecule has 1 heterocycles. The standard InChI is InChI=1S/C3H4N2/c1-2-4-5-3-1/h4-5H,2H2. The minimum atomic E-state index is 0.778. The lowest BCUT2D eigenvalue weighted by atomic mass is 10.7. The summed E-state index contributed by atoms with van der Waals surface area (Å²) in [6, 6.07) is 0. The predicted octanol–water partition coefficient (Wildman–Crippen LogP) is -0.786. The van der Waals surface area contributed by atoms with Crippen molar-refractivity contribution in [2.24, 2.45) is 0 Å². The van der Waals surface area contributed by atoms with E-state index in [1.807, 2.05) is 0 Å². The molecule has 0 amide bonds. The molecule has 26 valence electrons. The number of rotatable bonds is 0. The second-order valence-corrected chi connectivity index (χ2v) is 0.780. The van der Waals surface area contributed by atoms with Crippen LogP contribution < -0.4 is 10.9 Å². The van der Waals surface area contributed by atoms with E-state index in [1.165, 1.54) is 0 Å². The number of hydrazine groups is 1. The van der Waals surface area contributed by atoms with E-state index in [-0.39, 0.29) is 0 Å². The van der Waals surface area contributed by atoms with Crippen LogP contribution in [0.15, 0.2) is 0 Å². The molecule has 2 radical (unpaired) electrons. The third-order valence-electron chi connectivity index (χ3n) is 0.416. The van der Waals surface area contributed by atoms with Gasteiger partial charge in [-0.05, 0) is 0 Å². The molecule has 2 heteroatoms. The zero-order valence-corrected chi connectivity index (χ0v) is 2.71. The molecule has 0 atom stereocenters. The van der Waals surface area contributed by atoms with Crippen molar-refractivity contribution in [1.82, 2.24) is 10.9 Å². The highest BCUT2D eigenvalue weighted by molar-refractivity contribution is 4.68. The average molecular weight is 68.1 g/mol. The summed E-state index contributed by atoms with van der Waals surface area (Å²) >= 11 is 0. The average Bonchev–Trinajstić information content (AvgIpc) is 1.76. The van der Waals surface area contributed by atoms with Crippen LogP contribution in [0.5, 0.6) is 0 Å². The second-order valence-electron chi connectivity index (χ2n) is 0.780. The van der Waals surface area contributed by atoms with Gasteiger partial charge in [-0.1, -0.05) is 0 Å². The summed E-state index contributed by atoms with van der Waals surface area (Å²) in [5.74, 6) is 0. The fourth-order valence-electron chi connectivity index (χ4n) is 0.221. The molecule has 1 aliphatic rings. The molecule has 0 aromatic heterocycles. The molecule has 1 aliphatic heterocycles. The van der Waals surface area contributed by atoms with Crippen LogP contribution in [0.4, 0.5) is 0 Å². The molecule has 0 aliphatic carbocycles. The smallest absolute Gasteiger partial charge is 0.0787 e. The van der Waals surface area contributed by atoms with Crippen LogP contribution in [-0.2, 0) is 0 Å². The van der Waals surface area contributed by atoms with Gasteiger partial charge in [0.05, 0.1) is 6.20 Å². The third-order valence-corrected chi connectivity index (χ3v) is 0.416. The third kappa shape index (κ3) is 0.389. The number of hydrogen-bond acceptors (Lipinski definition) is 2. The van der Waals surface area contributed by atoms with Gasteiger partial charge in [-0.25, -0.2) is 5.43 Å². The monoisotopic (exact) mass is 68.0 g/mol. The largest absolute Gasteiger partial charge is 0.319 e. The highest BCUT2D eigenvalue weighted by atomic mass is 15.4. The molecule has 2 nitrogen and oxygen atoms in total. The van der Waals surface area contributed by atoms with E-state index in [0.29, 0.717) is 0 Å². The van der Waals surface area contributed by atoms with Gasteiger partial charge in [0.2, 0.25) is 0 Å². The van der Waals surface area contributed by atoms with Crippen molar-refractivity contribution in [1.29, 1.82) is 0 Å². The zero-order valence-electron chi connectivity index (χ0n) is 2.71. The Balaban J connectivity index is 2.32. The summed E-state index contributed by atoms with van der Waals surface area (Å²) in [6.45, 7) is 0.778. The topological polar surface area (TPSA) is 24.1 Å². The first-order valence-electron chi connectivity index (χ1n) is 1.46. The van der Waals surface area contributed by atoms with E-state index in [2.05, 4.69) is 23.1 Å². The van der Waals surface area contributed by atoms with Crippen molar-refractivity contribution in [3.63, 3.8) is 0 Å². The van der Waals surface area contributed by atoms with E-state index >= 15 is 0 Å². The number of hydrogen-bond donors (Lipinski definition) is 2. The molecule has 0 bridgehead atoms. The van der Waals surface area contributed by atoms with Crippen LogP contribution in [0.3, 0.4) is 0 Å². The van der Waals surface area contributed by atoms with E-state index < -0.39 is 0 Å². The minimum absolute atomic E-state index is 0.778. The van der Waals surface area contributed by atoms with E-state index in [9.17, 15) is 0 Å². The highest BCUT2D eigenvalue weighted by Gasteiger charge is 1.81. The molecule has 0 unspecified atom stereocenters. The fraction of sp³-hybridized carbons (Fsp3) is 0.333. The lowest BCUT2D eigenvalue weighted by Gasteiger charge is -1.82. The molecule has 0 saturated heterocycles. The lowest BCUT2D eigenvalue weighted by molar-refractivity contribution is 0.714. The van der Waals surface area contributed by atoms with Crippen LogP contribution in [0.25, 0.3) is 0 Å². The molecule has 0 fully saturated rings. The minimum Gasteiger partial charge on any atom is -0.319 e. The Morgan fingerprint density at radius 3 is 2.80 bits per heavy atom. The van der Waals surface area contributed by atoms with Crippen molar-refractivity contribution in [3.8, 4) is 0 Å². The molecule has 0 aromatic rings. The summed E-state index contributed by atoms with van der Waals surface area (Å²) in [6.07, 6.45) is 5.36. The Morgan fingerprint density at radius 1 is 1.60 bits per heavy atom. The molecule has 2 N–H and O–H groups in total. The Kier molecular flexibility index (Phi) is 0.588. The lowest BCUT2D eigenvalue weighted by Crippen LogP contribution is -2.20. The van der Waals surface area contributed by atoms with Crippen LogP contribution in [-0.4, -0.2) is 6.54 Å². The Morgan fingerprint density at radius 2 is 2.60 bits per heavy atom. The van der Waals surface area contributed by atoms with Crippen molar-refractivity contribution in [2.45, 2.75) is 0 Å². The Bertz CT molecular complexity index is 42.9. The molecule has 0 spiro atoms. The normalized spacial score (nSPS) is 19.2. The molecular formula is C3H4N2. The fourth-order valence-corrected chi connectivity index (χ4v) is 0.221. The van der Waals surface area contributed by atoms with Gasteiger partial charge in [0.25, 0.3) is 0 Å². The first-order valence-corrected chi connectivity index (χ1v) is 1.46. The van der Waals surface area contributed by atoms with Gasteiger partial charge in [0, 0.05) is 12.6 Å². The number of nitrogens with one attached hydrogen (secondary N) is 2. The van der Waals surface area contributed by atoms with Gasteiger partial charge in [-0.2, -0.15) is 0 Å². The van der Waals surface area contributed by atoms with E-state index in [0.717, 1.165) is 6.54 Å². The maximum absolute atomic E-state index is 2.75. The van der Waals surface area contributed by atoms with Crippen LogP contribution >= 0.6 is 0 Å². The Labute approximate surface area is 30.8 Å². The van der Waals surface area contributed by atoms with Crippen molar-refractivity contribution >= 4 is 0 Å². The zero-order chi connectivity index (χ0) is 3.54. The first kappa shape index (κ1) is 2.72. The van der Waals surface area contributed by atoms with Crippen molar-refractivity contribution < 1.29 is 0 Å². The predicted molar refractivity (Wildman–Crippen MR) is 17.6 cm³/mol. The van der Waals surface area contributed by atoms with E-state index in [4.69, 9.17) is 0 Å². The SMILES string of the molecule is [C]1=[C]NNC1. The first-order chi connectivity index (χ1) is 2.50. The van der Waals surface area contributed by atoms with Crippen molar-refractivity contribution in [2.75, 3.05) is 6.54 Å². The van der Waals surface area contributed by atoms with Gasteiger partial charge in [-0.15, -0.1) is 0 Å². The van der Waals surface area contributed by atoms with Crippen LogP contribution in [0.2, 0.25) is 0 Å². The van der Waals surface area contributed by atoms with Gasteiger partial charge in [0.15, 0.2) is 0 Å². The molecule has 0 saturated carbocycles. The molecule has 5 heavy (non-hydrogen) atoms. The summed E-state index contributed by atoms with van der Waals surface area (Å²) in [5, 5.41) is 0. The maximum atomic E-state index is 2.75. The highest BCUT2D eigenvalue weighted by Crippen LogP contribution is 1.63. The van der Waals surface area contributed by atoms with E-state index in [1.54, 1.807) is 0 Å². The summed E-state index contributed by atoms with van der Waals surface area (Å²) in [5.41, 5.74) is 5.36. The second kappa shape index (κ2) is 1.08. The van der Waals surface area contributed by atoms with Crippen molar-refractivity contribution in [3.05, 3.63) is 12.3 Å². The van der Waals surface area contributed by atoms with Gasteiger partial charge >= 0.3 is 0 Å². The molecule has 1 rings (SSSR count). The quantitative estimate of drug-likeness (QED) is 0.389. The summed E-state index contributed by atoms with van der Waals surface area (Å²) in [4.78, 5) is 0. The van der Waals surface area contributed by atoms with Gasteiger partial charge < -0.3 is 5.43 Å². The van der Waals surface area contributed by atoms with Gasteiger partial charge in [0.1, 0.15) is 0 Å². The molecule has 0 aromatic carbocycles. The Hall–Kier alpha value is -0.500. The maximum Gasteiger partial charge on any atom is 0.0787 e. The van der Waals surface area contributed by atoms with Crippen LogP contribution in [0.1, 0.15) is 0 Å². The van der Waals surface area contributed by atoms with Gasteiger partial charge in [-0.3, -0.25) is 0 Å².